The molecule has 0 N–H and O–H groups in total. The van der Waals surface area contributed by atoms with Crippen LogP contribution in [0, 0.1) is 5.92 Å². The first-order chi connectivity index (χ1) is 6.74. The van der Waals surface area contributed by atoms with Crippen molar-refractivity contribution in [2.45, 2.75) is 33.1 Å². The van der Waals surface area contributed by atoms with Gasteiger partial charge in [-0.1, -0.05) is 56.3 Å². The van der Waals surface area contributed by atoms with Crippen molar-refractivity contribution in [3.05, 3.63) is 48.0 Å². The largest absolute Gasteiger partial charge is 0.0910 e. The first kappa shape index (κ1) is 11.0. The molecule has 0 aromatic heterocycles. The van der Waals surface area contributed by atoms with Crippen molar-refractivity contribution in [2.75, 3.05) is 0 Å². The van der Waals surface area contributed by atoms with Gasteiger partial charge in [0, 0.05) is 5.92 Å². The molecule has 0 saturated heterocycles. The van der Waals surface area contributed by atoms with Crippen molar-refractivity contribution in [3.63, 3.8) is 0 Å². The molecule has 76 valence electrons. The molecular formula is C14H20. The van der Waals surface area contributed by atoms with E-state index < -0.39 is 0 Å². The molecule has 1 aromatic rings. The molecule has 0 saturated carbocycles. The third-order valence-corrected chi connectivity index (χ3v) is 2.38. The minimum absolute atomic E-state index is 0.584. The lowest BCUT2D eigenvalue weighted by Gasteiger charge is -2.15. The molecule has 0 spiro atoms. The molecule has 1 aromatic carbocycles. The lowest BCUT2D eigenvalue weighted by molar-refractivity contribution is 0.550. The van der Waals surface area contributed by atoms with Gasteiger partial charge in [0.25, 0.3) is 0 Å². The van der Waals surface area contributed by atoms with Crippen LogP contribution in [0.25, 0.3) is 0 Å². The molecule has 0 fully saturated rings. The second kappa shape index (κ2) is 5.64. The Hall–Kier alpha value is -1.04. The molecule has 0 bridgehead atoms. The molecule has 0 aliphatic rings. The predicted octanol–water partition coefficient (Wildman–Crippen LogP) is 4.39. The number of hydrogen-bond acceptors (Lipinski definition) is 0. The summed E-state index contributed by atoms with van der Waals surface area (Å²) in [5, 5.41) is 0. The molecule has 0 radical (unpaired) electrons. The average Bonchev–Trinajstić information content (AvgIpc) is 2.18. The second-order valence-electron chi connectivity index (χ2n) is 4.17. The van der Waals surface area contributed by atoms with Crippen molar-refractivity contribution in [1.29, 1.82) is 0 Å². The topological polar surface area (TPSA) is 0 Å². The van der Waals surface area contributed by atoms with E-state index in [4.69, 9.17) is 0 Å². The van der Waals surface area contributed by atoms with Gasteiger partial charge in [0.15, 0.2) is 0 Å². The highest BCUT2D eigenvalue weighted by Gasteiger charge is 2.08. The number of allylic oxidation sites excluding steroid dienone is 2. The van der Waals surface area contributed by atoms with Crippen LogP contribution in [0.15, 0.2) is 42.5 Å². The zero-order valence-corrected chi connectivity index (χ0v) is 9.40. The molecule has 0 nitrogen and oxygen atoms in total. The minimum atomic E-state index is 0.584. The van der Waals surface area contributed by atoms with E-state index in [0.29, 0.717) is 5.92 Å². The van der Waals surface area contributed by atoms with Crippen LogP contribution in [0.4, 0.5) is 0 Å². The Bertz CT molecular complexity index is 269. The summed E-state index contributed by atoms with van der Waals surface area (Å²) in [4.78, 5) is 0. The van der Waals surface area contributed by atoms with Crippen molar-refractivity contribution in [2.24, 2.45) is 5.92 Å². The molecule has 0 aliphatic heterocycles. The second-order valence-corrected chi connectivity index (χ2v) is 4.17. The highest BCUT2D eigenvalue weighted by molar-refractivity contribution is 5.23. The summed E-state index contributed by atoms with van der Waals surface area (Å²) in [7, 11) is 0. The highest BCUT2D eigenvalue weighted by atomic mass is 14.1. The summed E-state index contributed by atoms with van der Waals surface area (Å²) >= 11 is 0. The van der Waals surface area contributed by atoms with Crippen LogP contribution < -0.4 is 0 Å². The Kier molecular flexibility index (Phi) is 4.45. The van der Waals surface area contributed by atoms with E-state index >= 15 is 0 Å². The van der Waals surface area contributed by atoms with Gasteiger partial charge in [-0.3, -0.25) is 0 Å². The molecule has 0 heterocycles. The first-order valence-electron chi connectivity index (χ1n) is 5.41. The van der Waals surface area contributed by atoms with Gasteiger partial charge in [-0.2, -0.15) is 0 Å². The maximum absolute atomic E-state index is 2.30. The van der Waals surface area contributed by atoms with Crippen LogP contribution >= 0.6 is 0 Å². The van der Waals surface area contributed by atoms with E-state index in [-0.39, 0.29) is 0 Å². The Morgan fingerprint density at radius 3 is 2.29 bits per heavy atom. The maximum Gasteiger partial charge on any atom is 0.00202 e. The van der Waals surface area contributed by atoms with Crippen molar-refractivity contribution in [1.82, 2.24) is 0 Å². The van der Waals surface area contributed by atoms with Crippen LogP contribution in [-0.2, 0) is 0 Å². The smallest absolute Gasteiger partial charge is 0.00202 e. The van der Waals surface area contributed by atoms with Crippen LogP contribution in [0.1, 0.15) is 38.7 Å². The van der Waals surface area contributed by atoms with Gasteiger partial charge in [-0.25, -0.2) is 0 Å². The number of hydrogen-bond donors (Lipinski definition) is 0. The average molecular weight is 188 g/mol. The summed E-state index contributed by atoms with van der Waals surface area (Å²) in [5.41, 5.74) is 1.43. The van der Waals surface area contributed by atoms with Gasteiger partial charge in [-0.05, 0) is 24.8 Å². The van der Waals surface area contributed by atoms with E-state index in [0.717, 1.165) is 5.92 Å². The lowest BCUT2D eigenvalue weighted by atomic mass is 9.90. The fraction of sp³-hybridized carbons (Fsp3) is 0.429. The van der Waals surface area contributed by atoms with Gasteiger partial charge in [0.1, 0.15) is 0 Å². The number of benzene rings is 1. The summed E-state index contributed by atoms with van der Waals surface area (Å²) in [6.45, 7) is 6.65. The van der Waals surface area contributed by atoms with Gasteiger partial charge in [-0.15, -0.1) is 0 Å². The quantitative estimate of drug-likeness (QED) is 0.615. The van der Waals surface area contributed by atoms with Crippen LogP contribution in [-0.4, -0.2) is 0 Å². The lowest BCUT2D eigenvalue weighted by Crippen LogP contribution is -1.99. The molecule has 0 aliphatic carbocycles. The summed E-state index contributed by atoms with van der Waals surface area (Å²) < 4.78 is 0. The van der Waals surface area contributed by atoms with E-state index in [1.54, 1.807) is 0 Å². The van der Waals surface area contributed by atoms with Gasteiger partial charge in [0.2, 0.25) is 0 Å². The Morgan fingerprint density at radius 2 is 1.79 bits per heavy atom. The SMILES string of the molecule is C/C=C/C(CC(C)C)c1ccccc1. The zero-order valence-electron chi connectivity index (χ0n) is 9.40. The Labute approximate surface area is 87.7 Å². The number of rotatable bonds is 4. The Morgan fingerprint density at radius 1 is 1.14 bits per heavy atom. The standard InChI is InChI=1S/C14H20/c1-4-8-14(11-12(2)3)13-9-6-5-7-10-13/h4-10,12,14H,11H2,1-3H3/b8-4+. The normalized spacial score (nSPS) is 13.7. The molecule has 14 heavy (non-hydrogen) atoms. The predicted molar refractivity (Wildman–Crippen MR) is 63.5 cm³/mol. The van der Waals surface area contributed by atoms with Crippen LogP contribution in [0.3, 0.4) is 0 Å². The molecule has 1 rings (SSSR count). The van der Waals surface area contributed by atoms with Gasteiger partial charge in [0.05, 0.1) is 0 Å². The zero-order chi connectivity index (χ0) is 10.4. The Balaban J connectivity index is 2.78. The monoisotopic (exact) mass is 188 g/mol. The molecule has 1 unspecified atom stereocenters. The third-order valence-electron chi connectivity index (χ3n) is 2.38. The van der Waals surface area contributed by atoms with Crippen molar-refractivity contribution >= 4 is 0 Å². The minimum Gasteiger partial charge on any atom is -0.0910 e. The fourth-order valence-corrected chi connectivity index (χ4v) is 1.77. The summed E-state index contributed by atoms with van der Waals surface area (Å²) in [5.74, 6) is 1.33. The maximum atomic E-state index is 2.30. The van der Waals surface area contributed by atoms with E-state index in [9.17, 15) is 0 Å². The molecule has 1 atom stereocenters. The van der Waals surface area contributed by atoms with Crippen LogP contribution in [0.5, 0.6) is 0 Å². The van der Waals surface area contributed by atoms with Crippen molar-refractivity contribution < 1.29 is 0 Å². The molecule has 0 heteroatoms. The highest BCUT2D eigenvalue weighted by Crippen LogP contribution is 2.24. The summed E-state index contributed by atoms with van der Waals surface area (Å²) in [6, 6.07) is 10.7. The first-order valence-corrected chi connectivity index (χ1v) is 5.41. The van der Waals surface area contributed by atoms with Gasteiger partial charge < -0.3 is 0 Å². The summed E-state index contributed by atoms with van der Waals surface area (Å²) in [6.07, 6.45) is 5.68. The van der Waals surface area contributed by atoms with E-state index in [1.807, 2.05) is 0 Å². The molecular weight excluding hydrogens is 168 g/mol. The molecule has 0 amide bonds. The van der Waals surface area contributed by atoms with Crippen LogP contribution in [0.2, 0.25) is 0 Å². The fourth-order valence-electron chi connectivity index (χ4n) is 1.77. The third kappa shape index (κ3) is 3.37. The van der Waals surface area contributed by atoms with E-state index in [1.165, 1.54) is 12.0 Å². The van der Waals surface area contributed by atoms with Crippen molar-refractivity contribution in [3.8, 4) is 0 Å². The van der Waals surface area contributed by atoms with Gasteiger partial charge >= 0.3 is 0 Å². The van der Waals surface area contributed by atoms with E-state index in [2.05, 4.69) is 63.3 Å².